The van der Waals surface area contributed by atoms with Crippen molar-refractivity contribution in [2.24, 2.45) is 0 Å². The number of carbonyl (C=O) groups is 1. The SMILES string of the molecule is CCC(C)c1ccc(NC(=O)CN(CC2CCCO2)C2CCS(=O)(=O)C2)cc1. The largest absolute Gasteiger partial charge is 0.377 e. The first-order chi connectivity index (χ1) is 13.4. The van der Waals surface area contributed by atoms with E-state index in [4.69, 9.17) is 4.74 Å². The Hall–Kier alpha value is -1.44. The maximum absolute atomic E-state index is 12.6. The van der Waals surface area contributed by atoms with Crippen LogP contribution in [-0.2, 0) is 19.4 Å². The van der Waals surface area contributed by atoms with E-state index in [-0.39, 0.29) is 36.1 Å². The van der Waals surface area contributed by atoms with Gasteiger partial charge in [0.15, 0.2) is 9.84 Å². The fraction of sp³-hybridized carbons (Fsp3) is 0.667. The Balaban J connectivity index is 1.61. The van der Waals surface area contributed by atoms with Crippen LogP contribution in [0.2, 0.25) is 0 Å². The summed E-state index contributed by atoms with van der Waals surface area (Å²) in [6.45, 7) is 5.89. The normalized spacial score (nSPS) is 25.1. The molecule has 2 aliphatic heterocycles. The molecule has 1 N–H and O–H groups in total. The summed E-state index contributed by atoms with van der Waals surface area (Å²) >= 11 is 0. The van der Waals surface area contributed by atoms with Crippen LogP contribution in [0, 0.1) is 0 Å². The minimum absolute atomic E-state index is 0.0888. The molecule has 3 rings (SSSR count). The summed E-state index contributed by atoms with van der Waals surface area (Å²) in [5.74, 6) is 0.726. The second-order valence-electron chi connectivity index (χ2n) is 8.10. The standard InChI is InChI=1S/C21H32N2O4S/c1-3-16(2)17-6-8-18(9-7-17)22-21(24)14-23(13-20-5-4-11-27-20)19-10-12-28(25,26)15-19/h6-9,16,19-20H,3-5,10-15H2,1-2H3,(H,22,24). The molecule has 3 unspecified atom stereocenters. The third kappa shape index (κ3) is 5.78. The van der Waals surface area contributed by atoms with Crippen molar-refractivity contribution in [3.8, 4) is 0 Å². The number of nitrogens with zero attached hydrogens (tertiary/aromatic N) is 1. The van der Waals surface area contributed by atoms with Crippen molar-refractivity contribution in [1.82, 2.24) is 4.90 Å². The molecule has 7 heteroatoms. The molecule has 0 bridgehead atoms. The Morgan fingerprint density at radius 2 is 2.04 bits per heavy atom. The second-order valence-corrected chi connectivity index (χ2v) is 10.3. The molecule has 2 saturated heterocycles. The summed E-state index contributed by atoms with van der Waals surface area (Å²) in [4.78, 5) is 14.7. The summed E-state index contributed by atoms with van der Waals surface area (Å²) in [5, 5.41) is 2.95. The van der Waals surface area contributed by atoms with Crippen molar-refractivity contribution in [1.29, 1.82) is 0 Å². The molecular formula is C21H32N2O4S. The van der Waals surface area contributed by atoms with Crippen molar-refractivity contribution in [2.45, 2.75) is 57.6 Å². The van der Waals surface area contributed by atoms with Gasteiger partial charge in [-0.1, -0.05) is 26.0 Å². The van der Waals surface area contributed by atoms with Crippen LogP contribution in [0.25, 0.3) is 0 Å². The lowest BCUT2D eigenvalue weighted by molar-refractivity contribution is -0.118. The lowest BCUT2D eigenvalue weighted by Gasteiger charge is -2.29. The molecule has 0 aromatic heterocycles. The average molecular weight is 409 g/mol. The van der Waals surface area contributed by atoms with E-state index >= 15 is 0 Å². The lowest BCUT2D eigenvalue weighted by Crippen LogP contribution is -2.45. The number of benzene rings is 1. The van der Waals surface area contributed by atoms with Crippen LogP contribution in [0.1, 0.15) is 51.0 Å². The summed E-state index contributed by atoms with van der Waals surface area (Å²) in [6.07, 6.45) is 3.75. The summed E-state index contributed by atoms with van der Waals surface area (Å²) in [5.41, 5.74) is 2.03. The first-order valence-corrected chi connectivity index (χ1v) is 12.1. The Morgan fingerprint density at radius 3 is 2.61 bits per heavy atom. The van der Waals surface area contributed by atoms with Gasteiger partial charge in [0.05, 0.1) is 24.2 Å². The van der Waals surface area contributed by atoms with Gasteiger partial charge in [0.25, 0.3) is 0 Å². The number of carbonyl (C=O) groups excluding carboxylic acids is 1. The van der Waals surface area contributed by atoms with Gasteiger partial charge in [0.1, 0.15) is 0 Å². The summed E-state index contributed by atoms with van der Waals surface area (Å²) < 4.78 is 29.5. The van der Waals surface area contributed by atoms with Crippen molar-refractivity contribution in [3.05, 3.63) is 29.8 Å². The molecule has 6 nitrogen and oxygen atoms in total. The predicted octanol–water partition coefficient (Wildman–Crippen LogP) is 2.81. The molecule has 1 aromatic rings. The number of sulfone groups is 1. The molecule has 3 atom stereocenters. The van der Waals surface area contributed by atoms with E-state index in [2.05, 4.69) is 31.3 Å². The highest BCUT2D eigenvalue weighted by Crippen LogP contribution is 2.22. The number of hydrogen-bond donors (Lipinski definition) is 1. The van der Waals surface area contributed by atoms with Gasteiger partial charge in [-0.05, 0) is 49.3 Å². The second kappa shape index (κ2) is 9.37. The van der Waals surface area contributed by atoms with Crippen LogP contribution in [-0.4, -0.2) is 62.6 Å². The smallest absolute Gasteiger partial charge is 0.238 e. The van der Waals surface area contributed by atoms with Gasteiger partial charge in [-0.25, -0.2) is 8.42 Å². The van der Waals surface area contributed by atoms with E-state index in [1.165, 1.54) is 5.56 Å². The molecule has 1 amide bonds. The monoisotopic (exact) mass is 408 g/mol. The number of anilines is 1. The quantitative estimate of drug-likeness (QED) is 0.716. The number of amides is 1. The lowest BCUT2D eigenvalue weighted by atomic mass is 9.99. The molecule has 1 aromatic carbocycles. The van der Waals surface area contributed by atoms with E-state index in [9.17, 15) is 13.2 Å². The van der Waals surface area contributed by atoms with Gasteiger partial charge in [0.2, 0.25) is 5.91 Å². The molecule has 0 aliphatic carbocycles. The van der Waals surface area contributed by atoms with Gasteiger partial charge in [0, 0.05) is 24.9 Å². The van der Waals surface area contributed by atoms with Crippen LogP contribution in [0.3, 0.4) is 0 Å². The first-order valence-electron chi connectivity index (χ1n) is 10.3. The Morgan fingerprint density at radius 1 is 1.29 bits per heavy atom. The van der Waals surface area contributed by atoms with Gasteiger partial charge in [-0.3, -0.25) is 9.69 Å². The van der Waals surface area contributed by atoms with E-state index < -0.39 is 9.84 Å². The van der Waals surface area contributed by atoms with E-state index in [0.29, 0.717) is 18.9 Å². The Bertz CT molecular complexity index is 757. The summed E-state index contributed by atoms with van der Waals surface area (Å²) in [7, 11) is -3.00. The average Bonchev–Trinajstić information content (AvgIpc) is 3.30. The number of nitrogens with one attached hydrogen (secondary N) is 1. The molecule has 0 radical (unpaired) electrons. The molecule has 156 valence electrons. The van der Waals surface area contributed by atoms with E-state index in [0.717, 1.165) is 31.6 Å². The number of ether oxygens (including phenoxy) is 1. The van der Waals surface area contributed by atoms with E-state index in [1.54, 1.807) is 0 Å². The molecule has 2 fully saturated rings. The maximum atomic E-state index is 12.6. The molecular weight excluding hydrogens is 376 g/mol. The van der Waals surface area contributed by atoms with Gasteiger partial charge >= 0.3 is 0 Å². The zero-order chi connectivity index (χ0) is 20.1. The van der Waals surface area contributed by atoms with Crippen molar-refractivity contribution >= 4 is 21.4 Å². The highest BCUT2D eigenvalue weighted by molar-refractivity contribution is 7.91. The fourth-order valence-corrected chi connectivity index (χ4v) is 5.73. The molecule has 2 aliphatic rings. The van der Waals surface area contributed by atoms with Gasteiger partial charge in [-0.2, -0.15) is 0 Å². The molecule has 28 heavy (non-hydrogen) atoms. The third-order valence-electron chi connectivity index (χ3n) is 5.91. The van der Waals surface area contributed by atoms with Crippen LogP contribution < -0.4 is 5.32 Å². The zero-order valence-electron chi connectivity index (χ0n) is 16.9. The van der Waals surface area contributed by atoms with Crippen LogP contribution in [0.4, 0.5) is 5.69 Å². The fourth-order valence-electron chi connectivity index (χ4n) is 3.97. The zero-order valence-corrected chi connectivity index (χ0v) is 17.7. The van der Waals surface area contributed by atoms with Crippen molar-refractivity contribution in [2.75, 3.05) is 36.5 Å². The Kier molecular flexibility index (Phi) is 7.12. The van der Waals surface area contributed by atoms with Crippen molar-refractivity contribution < 1.29 is 17.9 Å². The van der Waals surface area contributed by atoms with E-state index in [1.807, 2.05) is 17.0 Å². The maximum Gasteiger partial charge on any atom is 0.238 e. The number of rotatable bonds is 8. The van der Waals surface area contributed by atoms with Crippen LogP contribution in [0.5, 0.6) is 0 Å². The summed E-state index contributed by atoms with van der Waals surface area (Å²) in [6, 6.07) is 7.87. The first kappa shape index (κ1) is 21.3. The van der Waals surface area contributed by atoms with Crippen molar-refractivity contribution in [3.63, 3.8) is 0 Å². The topological polar surface area (TPSA) is 75.7 Å². The minimum Gasteiger partial charge on any atom is -0.377 e. The van der Waals surface area contributed by atoms with Gasteiger partial charge < -0.3 is 10.1 Å². The van der Waals surface area contributed by atoms with Crippen LogP contribution >= 0.6 is 0 Å². The minimum atomic E-state index is -3.00. The molecule has 2 heterocycles. The highest BCUT2D eigenvalue weighted by atomic mass is 32.2. The van der Waals surface area contributed by atoms with Gasteiger partial charge in [-0.15, -0.1) is 0 Å². The predicted molar refractivity (Wildman–Crippen MR) is 111 cm³/mol. The number of hydrogen-bond acceptors (Lipinski definition) is 5. The Labute approximate surface area is 168 Å². The molecule has 0 spiro atoms. The molecule has 0 saturated carbocycles. The highest BCUT2D eigenvalue weighted by Gasteiger charge is 2.34. The van der Waals surface area contributed by atoms with Crippen LogP contribution in [0.15, 0.2) is 24.3 Å². The third-order valence-corrected chi connectivity index (χ3v) is 7.66.